The predicted molar refractivity (Wildman–Crippen MR) is 136 cm³/mol. The summed E-state index contributed by atoms with van der Waals surface area (Å²) in [5.74, 6) is 0. The van der Waals surface area contributed by atoms with Crippen LogP contribution in [0.2, 0.25) is 0 Å². The first-order valence-corrected chi connectivity index (χ1v) is 12.1. The third-order valence-electron chi connectivity index (χ3n) is 4.46. The Labute approximate surface area is 196 Å². The third-order valence-corrected chi connectivity index (χ3v) is 6.74. The molecule has 3 aromatic rings. The topological polar surface area (TPSA) is 52.7 Å². The molecule has 7 heteroatoms. The molecule has 3 aromatic carbocycles. The van der Waals surface area contributed by atoms with Crippen LogP contribution in [0.1, 0.15) is 11.1 Å². The first-order valence-electron chi connectivity index (χ1n) is 9.63. The molecule has 31 heavy (non-hydrogen) atoms. The van der Waals surface area contributed by atoms with Gasteiger partial charge in [-0.2, -0.15) is 0 Å². The van der Waals surface area contributed by atoms with Crippen molar-refractivity contribution in [1.82, 2.24) is 0 Å². The molecule has 0 amide bonds. The van der Waals surface area contributed by atoms with Crippen LogP contribution >= 0.6 is 15.9 Å². The fraction of sp³-hybridized carbons (Fsp3) is 0.0833. The van der Waals surface area contributed by atoms with Crippen molar-refractivity contribution in [2.24, 2.45) is 20.2 Å². The van der Waals surface area contributed by atoms with E-state index < -0.39 is 0 Å². The summed E-state index contributed by atoms with van der Waals surface area (Å²) >= 11 is 3.37. The van der Waals surface area contributed by atoms with E-state index in [1.807, 2.05) is 80.8 Å². The third kappa shape index (κ3) is 5.64. The Hall–Kier alpha value is -2.86. The molecule has 0 radical (unpaired) electrons. The number of anilines is 1. The molecule has 0 aliphatic carbocycles. The summed E-state index contributed by atoms with van der Waals surface area (Å²) in [4.78, 5) is 11.7. The van der Waals surface area contributed by atoms with Gasteiger partial charge in [-0.05, 0) is 0 Å². The maximum atomic E-state index is 4.91. The van der Waals surface area contributed by atoms with Gasteiger partial charge in [0, 0.05) is 0 Å². The van der Waals surface area contributed by atoms with Crippen LogP contribution in [0.4, 0.5) is 11.4 Å². The van der Waals surface area contributed by atoms with Gasteiger partial charge in [-0.25, -0.2) is 0 Å². The van der Waals surface area contributed by atoms with E-state index in [0.717, 1.165) is 37.3 Å². The molecule has 5 nitrogen and oxygen atoms in total. The Kier molecular flexibility index (Phi) is 6.87. The minimum atomic E-state index is -0.128. The molecule has 1 aliphatic rings. The van der Waals surface area contributed by atoms with Crippen LogP contribution in [-0.4, -0.2) is 50.3 Å². The van der Waals surface area contributed by atoms with Crippen molar-refractivity contribution in [1.29, 1.82) is 0 Å². The Morgan fingerprint density at radius 2 is 1.61 bits per heavy atom. The van der Waals surface area contributed by atoms with Gasteiger partial charge >= 0.3 is 197 Å². The van der Waals surface area contributed by atoms with Crippen LogP contribution in [0.15, 0.2) is 104 Å². The summed E-state index contributed by atoms with van der Waals surface area (Å²) in [6, 6.07) is 26.2. The summed E-state index contributed by atoms with van der Waals surface area (Å²) in [6.07, 6.45) is 1.74. The van der Waals surface area contributed by atoms with Crippen molar-refractivity contribution in [3.63, 3.8) is 0 Å². The number of amidine groups is 1. The number of hydrogen-bond donors (Lipinski definition) is 0. The van der Waals surface area contributed by atoms with Crippen molar-refractivity contribution < 1.29 is 0 Å². The molecule has 0 bridgehead atoms. The van der Waals surface area contributed by atoms with Crippen molar-refractivity contribution in [2.75, 3.05) is 19.0 Å². The zero-order valence-electron chi connectivity index (χ0n) is 17.1. The van der Waals surface area contributed by atoms with Crippen molar-refractivity contribution in [2.45, 2.75) is 0 Å². The molecular formula is C24H20BrN5Se. The van der Waals surface area contributed by atoms with Gasteiger partial charge in [0.05, 0.1) is 0 Å². The van der Waals surface area contributed by atoms with Gasteiger partial charge in [-0.1, -0.05) is 0 Å². The standard InChI is InChI=1S/C24H20BrN5Se/c1-30(2)21-14-12-20(13-15-21)27-23-22(18-8-10-19(25)11-9-18)28-24(31-23)29-26-16-17-6-4-3-5-7-17/h3-16H,1-2H3/b26-16-,27-23?,29-24+. The predicted octanol–water partition coefficient (Wildman–Crippen LogP) is 5.14. The van der Waals surface area contributed by atoms with Gasteiger partial charge < -0.3 is 0 Å². The first-order chi connectivity index (χ1) is 15.1. The molecular weight excluding hydrogens is 517 g/mol. The second kappa shape index (κ2) is 9.96. The van der Waals surface area contributed by atoms with Crippen LogP contribution in [-0.2, 0) is 0 Å². The Morgan fingerprint density at radius 1 is 0.903 bits per heavy atom. The SMILES string of the molecule is CN(C)c1ccc(N=C2[Se]/C(=N/N=C\c3ccccc3)N=C2c2ccc(Br)cc2)cc1. The minimum absolute atomic E-state index is 0.128. The molecule has 0 saturated heterocycles. The van der Waals surface area contributed by atoms with E-state index in [-0.39, 0.29) is 15.0 Å². The summed E-state index contributed by atoms with van der Waals surface area (Å²) in [7, 11) is 4.05. The van der Waals surface area contributed by atoms with E-state index in [9.17, 15) is 0 Å². The molecule has 0 atom stereocenters. The number of nitrogens with zero attached hydrogens (tertiary/aromatic N) is 5. The van der Waals surface area contributed by atoms with E-state index >= 15 is 0 Å². The molecule has 154 valence electrons. The van der Waals surface area contributed by atoms with E-state index in [1.165, 1.54) is 0 Å². The van der Waals surface area contributed by atoms with Crippen LogP contribution in [0.3, 0.4) is 0 Å². The number of benzene rings is 3. The van der Waals surface area contributed by atoms with Crippen molar-refractivity contribution in [3.8, 4) is 0 Å². The summed E-state index contributed by atoms with van der Waals surface area (Å²) in [5.41, 5.74) is 4.93. The normalized spacial score (nSPS) is 16.3. The zero-order chi connectivity index (χ0) is 21.6. The molecule has 0 saturated carbocycles. The summed E-state index contributed by atoms with van der Waals surface area (Å²) < 4.78 is 2.68. The Balaban J connectivity index is 1.65. The van der Waals surface area contributed by atoms with Gasteiger partial charge in [0.15, 0.2) is 0 Å². The van der Waals surface area contributed by atoms with Crippen LogP contribution < -0.4 is 4.90 Å². The molecule has 4 rings (SSSR count). The average Bonchev–Trinajstić information content (AvgIpc) is 3.18. The van der Waals surface area contributed by atoms with E-state index in [4.69, 9.17) is 9.98 Å². The fourth-order valence-corrected chi connectivity index (χ4v) is 4.80. The Morgan fingerprint density at radius 3 is 2.29 bits per heavy atom. The molecule has 1 heterocycles. The fourth-order valence-electron chi connectivity index (χ4n) is 2.84. The maximum absolute atomic E-state index is 4.91. The van der Waals surface area contributed by atoms with Crippen LogP contribution in [0, 0.1) is 0 Å². The monoisotopic (exact) mass is 537 g/mol. The average molecular weight is 537 g/mol. The molecule has 0 fully saturated rings. The number of rotatable bonds is 5. The first kappa shape index (κ1) is 21.4. The molecule has 0 spiro atoms. The number of hydrogen-bond acceptors (Lipinski definition) is 4. The van der Waals surface area contributed by atoms with Crippen molar-refractivity contribution >= 4 is 63.5 Å². The molecule has 1 aliphatic heterocycles. The number of aliphatic imine (C=N–C) groups is 2. The van der Waals surface area contributed by atoms with E-state index in [1.54, 1.807) is 6.21 Å². The van der Waals surface area contributed by atoms with Gasteiger partial charge in [0.1, 0.15) is 0 Å². The molecule has 0 N–H and O–H groups in total. The van der Waals surface area contributed by atoms with Gasteiger partial charge in [0.25, 0.3) is 0 Å². The Bertz CT molecular complexity index is 1160. The van der Waals surface area contributed by atoms with Crippen LogP contribution in [0.5, 0.6) is 0 Å². The molecule has 0 unspecified atom stereocenters. The van der Waals surface area contributed by atoms with Crippen molar-refractivity contribution in [3.05, 3.63) is 94.5 Å². The second-order valence-corrected chi connectivity index (χ2v) is 9.86. The van der Waals surface area contributed by atoms with E-state index in [2.05, 4.69) is 43.2 Å². The summed E-state index contributed by atoms with van der Waals surface area (Å²) in [5, 5.41) is 8.61. The van der Waals surface area contributed by atoms with Gasteiger partial charge in [-0.3, -0.25) is 0 Å². The quantitative estimate of drug-likeness (QED) is 0.253. The summed E-state index contributed by atoms with van der Waals surface area (Å²) in [6.45, 7) is 0. The molecule has 0 aromatic heterocycles. The van der Waals surface area contributed by atoms with Gasteiger partial charge in [0.2, 0.25) is 0 Å². The second-order valence-electron chi connectivity index (χ2n) is 6.93. The van der Waals surface area contributed by atoms with Crippen LogP contribution in [0.25, 0.3) is 0 Å². The van der Waals surface area contributed by atoms with Gasteiger partial charge in [-0.15, -0.1) is 0 Å². The number of halogens is 1. The van der Waals surface area contributed by atoms with E-state index in [0.29, 0.717) is 4.73 Å². The zero-order valence-corrected chi connectivity index (χ0v) is 20.4.